The van der Waals surface area contributed by atoms with Crippen LogP contribution >= 0.6 is 0 Å². The van der Waals surface area contributed by atoms with E-state index in [2.05, 4.69) is 0 Å². The first kappa shape index (κ1) is 11.5. The Balaban J connectivity index is 2.86. The van der Waals surface area contributed by atoms with Crippen LogP contribution in [-0.4, -0.2) is 4.57 Å². The Morgan fingerprint density at radius 2 is 1.94 bits per heavy atom. The second-order valence-corrected chi connectivity index (χ2v) is 3.74. The Morgan fingerprint density at radius 3 is 2.53 bits per heavy atom. The first-order valence-electron chi connectivity index (χ1n) is 4.97. The van der Waals surface area contributed by atoms with Gasteiger partial charge in [-0.2, -0.15) is 18.4 Å². The zero-order valence-electron chi connectivity index (χ0n) is 9.04. The highest BCUT2D eigenvalue weighted by Gasteiger charge is 2.37. The van der Waals surface area contributed by atoms with Gasteiger partial charge in [0.1, 0.15) is 5.69 Å². The quantitative estimate of drug-likeness (QED) is 0.749. The molecular formula is C12H9F3N2. The second-order valence-electron chi connectivity index (χ2n) is 3.74. The maximum Gasteiger partial charge on any atom is 0.431 e. The molecule has 2 nitrogen and oxygen atoms in total. The van der Waals surface area contributed by atoms with Crippen LogP contribution in [0.1, 0.15) is 11.3 Å². The van der Waals surface area contributed by atoms with E-state index >= 15 is 0 Å². The summed E-state index contributed by atoms with van der Waals surface area (Å²) in [4.78, 5) is 0. The summed E-state index contributed by atoms with van der Waals surface area (Å²) >= 11 is 0. The van der Waals surface area contributed by atoms with E-state index in [1.165, 1.54) is 7.05 Å². The van der Waals surface area contributed by atoms with Gasteiger partial charge in [-0.15, -0.1) is 0 Å². The maximum atomic E-state index is 12.9. The van der Waals surface area contributed by atoms with Crippen molar-refractivity contribution in [2.45, 2.75) is 12.6 Å². The molecule has 17 heavy (non-hydrogen) atoms. The number of rotatable bonds is 1. The summed E-state index contributed by atoms with van der Waals surface area (Å²) < 4.78 is 39.9. The van der Waals surface area contributed by atoms with E-state index in [1.54, 1.807) is 30.3 Å². The summed E-state index contributed by atoms with van der Waals surface area (Å²) in [6, 6.07) is 8.36. The van der Waals surface area contributed by atoms with Gasteiger partial charge < -0.3 is 4.57 Å². The van der Waals surface area contributed by atoms with Crippen molar-refractivity contribution in [2.75, 3.05) is 0 Å². The van der Waals surface area contributed by atoms with Crippen LogP contribution in [0.4, 0.5) is 13.2 Å². The number of hydrogen-bond donors (Lipinski definition) is 0. The minimum atomic E-state index is -4.44. The van der Waals surface area contributed by atoms with Crippen molar-refractivity contribution in [3.05, 3.63) is 35.5 Å². The number of alkyl halides is 3. The van der Waals surface area contributed by atoms with Crippen molar-refractivity contribution in [1.29, 1.82) is 5.26 Å². The highest BCUT2D eigenvalue weighted by atomic mass is 19.4. The number of para-hydroxylation sites is 1. The van der Waals surface area contributed by atoms with E-state index in [-0.39, 0.29) is 12.0 Å². The third kappa shape index (κ3) is 1.76. The lowest BCUT2D eigenvalue weighted by atomic mass is 10.1. The van der Waals surface area contributed by atoms with Crippen LogP contribution in [0.5, 0.6) is 0 Å². The predicted octanol–water partition coefficient (Wildman–Crippen LogP) is 3.26. The van der Waals surface area contributed by atoms with Gasteiger partial charge in [-0.25, -0.2) is 0 Å². The molecule has 0 aliphatic carbocycles. The molecule has 2 rings (SSSR count). The zero-order valence-corrected chi connectivity index (χ0v) is 9.04. The maximum absolute atomic E-state index is 12.9. The topological polar surface area (TPSA) is 28.7 Å². The van der Waals surface area contributed by atoms with Crippen LogP contribution in [0.15, 0.2) is 24.3 Å². The van der Waals surface area contributed by atoms with E-state index in [9.17, 15) is 13.2 Å². The highest BCUT2D eigenvalue weighted by Crippen LogP contribution is 2.37. The summed E-state index contributed by atoms with van der Waals surface area (Å²) in [6.45, 7) is 0. The van der Waals surface area contributed by atoms with Crippen LogP contribution in [0.3, 0.4) is 0 Å². The Bertz CT molecular complexity index is 602. The molecule has 0 aliphatic rings. The average Bonchev–Trinajstić information content (AvgIpc) is 2.53. The molecule has 0 N–H and O–H groups in total. The molecule has 0 fully saturated rings. The third-order valence-electron chi connectivity index (χ3n) is 2.74. The van der Waals surface area contributed by atoms with Gasteiger partial charge in [0, 0.05) is 23.5 Å². The van der Waals surface area contributed by atoms with Crippen LogP contribution in [0.2, 0.25) is 0 Å². The minimum absolute atomic E-state index is 0.0538. The average molecular weight is 238 g/mol. The summed E-state index contributed by atoms with van der Waals surface area (Å²) in [7, 11) is 1.37. The summed E-state index contributed by atoms with van der Waals surface area (Å²) in [5.41, 5.74) is -0.191. The first-order chi connectivity index (χ1) is 7.96. The molecular weight excluding hydrogens is 229 g/mol. The van der Waals surface area contributed by atoms with Gasteiger partial charge in [0.05, 0.1) is 12.5 Å². The predicted molar refractivity (Wildman–Crippen MR) is 57.2 cm³/mol. The fourth-order valence-electron chi connectivity index (χ4n) is 2.09. The molecule has 2 aromatic rings. The molecule has 1 aromatic heterocycles. The molecule has 0 amide bonds. The van der Waals surface area contributed by atoms with Gasteiger partial charge >= 0.3 is 6.18 Å². The molecule has 88 valence electrons. The number of nitrogens with zero attached hydrogens (tertiary/aromatic N) is 2. The standard InChI is InChI=1S/C12H9F3N2/c1-17-10-5-3-2-4-8(10)9(6-7-16)11(17)12(13,14)15/h2-5H,6H2,1H3. The second kappa shape index (κ2) is 3.81. The van der Waals surface area contributed by atoms with Crippen LogP contribution in [-0.2, 0) is 19.6 Å². The summed E-state index contributed by atoms with van der Waals surface area (Å²) in [5.74, 6) is 0. The van der Waals surface area contributed by atoms with Crippen LogP contribution < -0.4 is 0 Å². The molecule has 0 atom stereocenters. The molecule has 1 heterocycles. The Hall–Kier alpha value is -1.96. The number of fused-ring (bicyclic) bond motifs is 1. The van der Waals surface area contributed by atoms with Crippen molar-refractivity contribution >= 4 is 10.9 Å². The van der Waals surface area contributed by atoms with Gasteiger partial charge in [-0.3, -0.25) is 0 Å². The Kier molecular flexibility index (Phi) is 2.58. The lowest BCUT2D eigenvalue weighted by molar-refractivity contribution is -0.143. The van der Waals surface area contributed by atoms with Crippen molar-refractivity contribution in [2.24, 2.45) is 7.05 Å². The number of aryl methyl sites for hydroxylation is 1. The lowest BCUT2D eigenvalue weighted by Crippen LogP contribution is -2.13. The third-order valence-corrected chi connectivity index (χ3v) is 2.74. The fourth-order valence-corrected chi connectivity index (χ4v) is 2.09. The van der Waals surface area contributed by atoms with E-state index in [4.69, 9.17) is 5.26 Å². The molecule has 0 bridgehead atoms. The largest absolute Gasteiger partial charge is 0.431 e. The van der Waals surface area contributed by atoms with Gasteiger partial charge in [-0.1, -0.05) is 18.2 Å². The zero-order chi connectivity index (χ0) is 12.6. The van der Waals surface area contributed by atoms with Crippen molar-refractivity contribution in [3.63, 3.8) is 0 Å². The number of halogens is 3. The molecule has 5 heteroatoms. The van der Waals surface area contributed by atoms with Crippen molar-refractivity contribution in [1.82, 2.24) is 4.57 Å². The molecule has 0 radical (unpaired) electrons. The Labute approximate surface area is 95.9 Å². The molecule has 1 aromatic carbocycles. The molecule has 0 unspecified atom stereocenters. The minimum Gasteiger partial charge on any atom is -0.340 e. The number of benzene rings is 1. The van der Waals surface area contributed by atoms with Crippen molar-refractivity contribution < 1.29 is 13.2 Å². The van der Waals surface area contributed by atoms with E-state index in [0.717, 1.165) is 4.57 Å². The van der Waals surface area contributed by atoms with E-state index in [1.807, 2.05) is 0 Å². The lowest BCUT2D eigenvalue weighted by Gasteiger charge is -2.09. The molecule has 0 spiro atoms. The molecule has 0 aliphatic heterocycles. The van der Waals surface area contributed by atoms with Gasteiger partial charge in [-0.05, 0) is 6.07 Å². The molecule has 0 saturated carbocycles. The van der Waals surface area contributed by atoms with Gasteiger partial charge in [0.2, 0.25) is 0 Å². The number of nitriles is 1. The number of aromatic nitrogens is 1. The van der Waals surface area contributed by atoms with E-state index < -0.39 is 11.9 Å². The van der Waals surface area contributed by atoms with Crippen LogP contribution in [0, 0.1) is 11.3 Å². The van der Waals surface area contributed by atoms with E-state index in [0.29, 0.717) is 10.9 Å². The summed E-state index contributed by atoms with van der Waals surface area (Å²) in [5, 5.41) is 9.14. The van der Waals surface area contributed by atoms with Crippen LogP contribution in [0.25, 0.3) is 10.9 Å². The Morgan fingerprint density at radius 1 is 1.29 bits per heavy atom. The monoisotopic (exact) mass is 238 g/mol. The molecule has 0 saturated heterocycles. The van der Waals surface area contributed by atoms with Gasteiger partial charge in [0.15, 0.2) is 0 Å². The summed E-state index contributed by atoms with van der Waals surface area (Å²) in [6.07, 6.45) is -4.68. The first-order valence-corrected chi connectivity index (χ1v) is 4.97. The normalized spacial score (nSPS) is 11.7. The number of hydrogen-bond acceptors (Lipinski definition) is 1. The SMILES string of the molecule is Cn1c(C(F)(F)F)c(CC#N)c2ccccc21. The highest BCUT2D eigenvalue weighted by molar-refractivity contribution is 5.86. The van der Waals surface area contributed by atoms with Crippen molar-refractivity contribution in [3.8, 4) is 6.07 Å². The van der Waals surface area contributed by atoms with Gasteiger partial charge in [0.25, 0.3) is 0 Å². The fraction of sp³-hybridized carbons (Fsp3) is 0.250. The smallest absolute Gasteiger partial charge is 0.340 e.